The number of carbonyl (C=O) groups excluding carboxylic acids is 1. The maximum atomic E-state index is 11.8. The van der Waals surface area contributed by atoms with Crippen LogP contribution >= 0.6 is 46.6 Å². The van der Waals surface area contributed by atoms with Gasteiger partial charge in [-0.2, -0.15) is 11.8 Å². The van der Waals surface area contributed by atoms with Crippen molar-refractivity contribution >= 4 is 52.5 Å². The van der Waals surface area contributed by atoms with Crippen LogP contribution < -0.4 is 5.32 Å². The molecular weight excluding hydrogens is 385 g/mol. The van der Waals surface area contributed by atoms with Crippen LogP contribution in [0, 0.1) is 0 Å². The zero-order valence-electron chi connectivity index (χ0n) is 13.0. The normalized spacial score (nSPS) is 10.6. The van der Waals surface area contributed by atoms with Gasteiger partial charge in [-0.3, -0.25) is 4.79 Å². The monoisotopic (exact) mass is 401 g/mol. The highest BCUT2D eigenvalue weighted by atomic mass is 35.5. The second-order valence-corrected chi connectivity index (χ2v) is 7.63. The Morgan fingerprint density at radius 1 is 0.958 bits per heavy atom. The Labute approximate surface area is 161 Å². The highest BCUT2D eigenvalue weighted by Crippen LogP contribution is 2.23. The number of amides is 1. The van der Waals surface area contributed by atoms with Crippen molar-refractivity contribution in [1.82, 2.24) is 5.32 Å². The molecule has 0 aliphatic carbocycles. The average molecular weight is 403 g/mol. The molecule has 0 heterocycles. The SMILES string of the molecule is O=C(CCc1ccc(Cl)c(Cl)c1)NCCSCc1ccc(Cl)cc1. The van der Waals surface area contributed by atoms with Gasteiger partial charge in [0.25, 0.3) is 0 Å². The number of rotatable bonds is 8. The number of carbonyl (C=O) groups is 1. The van der Waals surface area contributed by atoms with Crippen molar-refractivity contribution < 1.29 is 4.79 Å². The van der Waals surface area contributed by atoms with Crippen LogP contribution in [-0.2, 0) is 17.0 Å². The standard InChI is InChI=1S/C18H18Cl3NOS/c19-15-5-1-14(2-6-15)12-24-10-9-22-18(23)8-4-13-3-7-16(20)17(21)11-13/h1-3,5-7,11H,4,8-10,12H2,(H,22,23). The first-order chi connectivity index (χ1) is 11.5. The summed E-state index contributed by atoms with van der Waals surface area (Å²) in [5.41, 5.74) is 2.24. The first-order valence-corrected chi connectivity index (χ1v) is 9.86. The molecule has 0 bridgehead atoms. The Hall–Kier alpha value is -0.870. The lowest BCUT2D eigenvalue weighted by atomic mass is 10.1. The number of nitrogens with one attached hydrogen (secondary N) is 1. The number of aryl methyl sites for hydroxylation is 1. The van der Waals surface area contributed by atoms with Crippen LogP contribution in [0.5, 0.6) is 0 Å². The number of thioether (sulfide) groups is 1. The summed E-state index contributed by atoms with van der Waals surface area (Å²) in [6.07, 6.45) is 1.10. The van der Waals surface area contributed by atoms with Crippen LogP contribution in [0.25, 0.3) is 0 Å². The zero-order valence-corrected chi connectivity index (χ0v) is 16.1. The van der Waals surface area contributed by atoms with E-state index in [1.54, 1.807) is 23.9 Å². The van der Waals surface area contributed by atoms with Gasteiger partial charge in [0, 0.05) is 29.5 Å². The molecule has 2 rings (SSSR count). The van der Waals surface area contributed by atoms with Crippen molar-refractivity contribution in [2.24, 2.45) is 0 Å². The molecule has 0 unspecified atom stereocenters. The van der Waals surface area contributed by atoms with Gasteiger partial charge in [-0.25, -0.2) is 0 Å². The van der Waals surface area contributed by atoms with Gasteiger partial charge in [-0.1, -0.05) is 53.0 Å². The van der Waals surface area contributed by atoms with Gasteiger partial charge < -0.3 is 5.32 Å². The van der Waals surface area contributed by atoms with Gasteiger partial charge in [0.15, 0.2) is 0 Å². The molecular formula is C18H18Cl3NOS. The lowest BCUT2D eigenvalue weighted by Crippen LogP contribution is -2.25. The van der Waals surface area contributed by atoms with Crippen molar-refractivity contribution in [2.45, 2.75) is 18.6 Å². The van der Waals surface area contributed by atoms with Crippen molar-refractivity contribution in [2.75, 3.05) is 12.3 Å². The second-order valence-electron chi connectivity index (χ2n) is 5.28. The molecule has 6 heteroatoms. The van der Waals surface area contributed by atoms with Crippen LogP contribution in [0.3, 0.4) is 0 Å². The quantitative estimate of drug-likeness (QED) is 0.580. The lowest BCUT2D eigenvalue weighted by molar-refractivity contribution is -0.120. The maximum Gasteiger partial charge on any atom is 0.220 e. The molecule has 0 radical (unpaired) electrons. The van der Waals surface area contributed by atoms with E-state index in [-0.39, 0.29) is 5.91 Å². The molecule has 2 aromatic carbocycles. The Morgan fingerprint density at radius 3 is 2.38 bits per heavy atom. The van der Waals surface area contributed by atoms with E-state index in [9.17, 15) is 4.79 Å². The average Bonchev–Trinajstić information content (AvgIpc) is 2.57. The lowest BCUT2D eigenvalue weighted by Gasteiger charge is -2.06. The topological polar surface area (TPSA) is 29.1 Å². The molecule has 0 aliphatic heterocycles. The van der Waals surface area contributed by atoms with Gasteiger partial charge in [0.2, 0.25) is 5.91 Å². The third-order valence-electron chi connectivity index (χ3n) is 3.38. The number of benzene rings is 2. The molecule has 0 saturated carbocycles. The molecule has 0 saturated heterocycles. The summed E-state index contributed by atoms with van der Waals surface area (Å²) in [5.74, 6) is 1.84. The fourth-order valence-electron chi connectivity index (χ4n) is 2.07. The largest absolute Gasteiger partial charge is 0.355 e. The predicted molar refractivity (Wildman–Crippen MR) is 105 cm³/mol. The highest BCUT2D eigenvalue weighted by Gasteiger charge is 2.04. The minimum atomic E-state index is 0.0492. The van der Waals surface area contributed by atoms with Gasteiger partial charge >= 0.3 is 0 Å². The van der Waals surface area contributed by atoms with Crippen molar-refractivity contribution in [3.05, 3.63) is 68.7 Å². The molecule has 128 valence electrons. The van der Waals surface area contributed by atoms with Gasteiger partial charge in [0.05, 0.1) is 10.0 Å². The molecule has 24 heavy (non-hydrogen) atoms. The van der Waals surface area contributed by atoms with E-state index in [0.717, 1.165) is 22.1 Å². The Kier molecular flexibility index (Phi) is 8.26. The summed E-state index contributed by atoms with van der Waals surface area (Å²) in [6, 6.07) is 13.3. The Balaban J connectivity index is 1.59. The summed E-state index contributed by atoms with van der Waals surface area (Å²) < 4.78 is 0. The van der Waals surface area contributed by atoms with Gasteiger partial charge in [0.1, 0.15) is 0 Å². The highest BCUT2D eigenvalue weighted by molar-refractivity contribution is 7.98. The molecule has 0 aliphatic rings. The second kappa shape index (κ2) is 10.2. The minimum absolute atomic E-state index is 0.0492. The predicted octanol–water partition coefficient (Wildman–Crippen LogP) is 5.63. The maximum absolute atomic E-state index is 11.8. The summed E-state index contributed by atoms with van der Waals surface area (Å²) in [7, 11) is 0. The fourth-order valence-corrected chi connectivity index (χ4v) is 3.34. The van der Waals surface area contributed by atoms with Crippen LogP contribution in [0.4, 0.5) is 0 Å². The molecule has 1 N–H and O–H groups in total. The third kappa shape index (κ3) is 6.94. The van der Waals surface area contributed by atoms with E-state index in [1.807, 2.05) is 30.3 Å². The number of halogens is 3. The fraction of sp³-hybridized carbons (Fsp3) is 0.278. The molecule has 1 amide bonds. The number of hydrogen-bond acceptors (Lipinski definition) is 2. The van der Waals surface area contributed by atoms with Crippen molar-refractivity contribution in [1.29, 1.82) is 0 Å². The van der Waals surface area contributed by atoms with E-state index in [1.165, 1.54) is 5.56 Å². The minimum Gasteiger partial charge on any atom is -0.355 e. The zero-order chi connectivity index (χ0) is 17.4. The summed E-state index contributed by atoms with van der Waals surface area (Å²) in [6.45, 7) is 0.665. The van der Waals surface area contributed by atoms with Gasteiger partial charge in [-0.15, -0.1) is 0 Å². The smallest absolute Gasteiger partial charge is 0.220 e. The Bertz CT molecular complexity index is 676. The first-order valence-electron chi connectivity index (χ1n) is 7.57. The molecule has 2 nitrogen and oxygen atoms in total. The van der Waals surface area contributed by atoms with Crippen molar-refractivity contribution in [3.63, 3.8) is 0 Å². The molecule has 0 aromatic heterocycles. The van der Waals surface area contributed by atoms with Crippen molar-refractivity contribution in [3.8, 4) is 0 Å². The summed E-state index contributed by atoms with van der Waals surface area (Å²) >= 11 is 19.5. The van der Waals surface area contributed by atoms with E-state index in [0.29, 0.717) is 29.4 Å². The molecule has 2 aromatic rings. The first kappa shape index (κ1) is 19.5. The van der Waals surface area contributed by atoms with Crippen LogP contribution in [0.15, 0.2) is 42.5 Å². The van der Waals surface area contributed by atoms with Crippen LogP contribution in [-0.4, -0.2) is 18.2 Å². The van der Waals surface area contributed by atoms with E-state index in [4.69, 9.17) is 34.8 Å². The van der Waals surface area contributed by atoms with E-state index in [2.05, 4.69) is 5.32 Å². The molecule has 0 spiro atoms. The van der Waals surface area contributed by atoms with Crippen LogP contribution in [0.1, 0.15) is 17.5 Å². The summed E-state index contributed by atoms with van der Waals surface area (Å²) in [5, 5.41) is 4.73. The van der Waals surface area contributed by atoms with Gasteiger partial charge in [-0.05, 0) is 41.8 Å². The van der Waals surface area contributed by atoms with E-state index >= 15 is 0 Å². The molecule has 0 atom stereocenters. The van der Waals surface area contributed by atoms with E-state index < -0.39 is 0 Å². The number of hydrogen-bond donors (Lipinski definition) is 1. The Morgan fingerprint density at radius 2 is 1.67 bits per heavy atom. The summed E-state index contributed by atoms with van der Waals surface area (Å²) in [4.78, 5) is 11.8. The third-order valence-corrected chi connectivity index (χ3v) is 5.40. The van der Waals surface area contributed by atoms with Crippen LogP contribution in [0.2, 0.25) is 15.1 Å². The molecule has 0 fully saturated rings.